The number of anilines is 1. The van der Waals surface area contributed by atoms with Gasteiger partial charge in [-0.15, -0.1) is 5.10 Å². The Labute approximate surface area is 96.9 Å². The van der Waals surface area contributed by atoms with Gasteiger partial charge < -0.3 is 10.6 Å². The lowest BCUT2D eigenvalue weighted by molar-refractivity contribution is 0.353. The standard InChI is InChI=1S/C12H20N4/c1-9-7-12(15-14-8-9)16-5-3-11(4-6-16)10(2)13/h7-8,10-11H,3-6,13H2,1-2H3. The third-order valence-electron chi connectivity index (χ3n) is 3.39. The second kappa shape index (κ2) is 4.78. The molecular formula is C12H20N4. The molecule has 1 aromatic rings. The average Bonchev–Trinajstić information content (AvgIpc) is 2.29. The van der Waals surface area contributed by atoms with Crippen LogP contribution in [-0.4, -0.2) is 29.3 Å². The fourth-order valence-electron chi connectivity index (χ4n) is 2.26. The van der Waals surface area contributed by atoms with Crippen molar-refractivity contribution in [3.05, 3.63) is 17.8 Å². The molecule has 4 heteroatoms. The molecule has 1 unspecified atom stereocenters. The number of hydrogen-bond acceptors (Lipinski definition) is 4. The highest BCUT2D eigenvalue weighted by atomic mass is 15.3. The second-order valence-corrected chi connectivity index (χ2v) is 4.77. The number of nitrogens with zero attached hydrogens (tertiary/aromatic N) is 3. The summed E-state index contributed by atoms with van der Waals surface area (Å²) in [5, 5.41) is 8.17. The van der Waals surface area contributed by atoms with Gasteiger partial charge in [0.25, 0.3) is 0 Å². The lowest BCUT2D eigenvalue weighted by Crippen LogP contribution is -2.40. The van der Waals surface area contributed by atoms with Gasteiger partial charge in [-0.1, -0.05) is 0 Å². The number of piperidine rings is 1. The predicted molar refractivity (Wildman–Crippen MR) is 65.4 cm³/mol. The molecule has 1 aliphatic heterocycles. The van der Waals surface area contributed by atoms with Gasteiger partial charge in [-0.3, -0.25) is 0 Å². The number of aryl methyl sites for hydroxylation is 1. The summed E-state index contributed by atoms with van der Waals surface area (Å²) in [6.07, 6.45) is 4.11. The van der Waals surface area contributed by atoms with Crippen LogP contribution in [0.4, 0.5) is 5.82 Å². The number of rotatable bonds is 2. The Morgan fingerprint density at radius 2 is 2.12 bits per heavy atom. The summed E-state index contributed by atoms with van der Waals surface area (Å²) >= 11 is 0. The highest BCUT2D eigenvalue weighted by Gasteiger charge is 2.22. The average molecular weight is 220 g/mol. The van der Waals surface area contributed by atoms with Crippen LogP contribution in [0, 0.1) is 12.8 Å². The minimum atomic E-state index is 0.311. The van der Waals surface area contributed by atoms with E-state index in [1.807, 2.05) is 6.92 Å². The molecule has 0 amide bonds. The van der Waals surface area contributed by atoms with Crippen molar-refractivity contribution in [2.24, 2.45) is 11.7 Å². The minimum absolute atomic E-state index is 0.311. The van der Waals surface area contributed by atoms with E-state index in [4.69, 9.17) is 5.73 Å². The number of aromatic nitrogens is 2. The van der Waals surface area contributed by atoms with Crippen molar-refractivity contribution in [1.29, 1.82) is 0 Å². The molecule has 1 aliphatic rings. The lowest BCUT2D eigenvalue weighted by atomic mass is 9.91. The van der Waals surface area contributed by atoms with E-state index in [-0.39, 0.29) is 0 Å². The Bertz CT molecular complexity index is 343. The molecule has 0 radical (unpaired) electrons. The maximum Gasteiger partial charge on any atom is 0.151 e. The maximum atomic E-state index is 5.93. The topological polar surface area (TPSA) is 55.0 Å². The Kier molecular flexibility index (Phi) is 3.39. The number of nitrogens with two attached hydrogens (primary N) is 1. The van der Waals surface area contributed by atoms with Gasteiger partial charge in [0.05, 0.1) is 6.20 Å². The summed E-state index contributed by atoms with van der Waals surface area (Å²) in [5.41, 5.74) is 7.09. The molecule has 1 atom stereocenters. The smallest absolute Gasteiger partial charge is 0.151 e. The van der Waals surface area contributed by atoms with E-state index in [9.17, 15) is 0 Å². The molecular weight excluding hydrogens is 200 g/mol. The molecule has 1 fully saturated rings. The van der Waals surface area contributed by atoms with Crippen molar-refractivity contribution < 1.29 is 0 Å². The molecule has 2 heterocycles. The molecule has 0 aliphatic carbocycles. The molecule has 2 rings (SSSR count). The van der Waals surface area contributed by atoms with Gasteiger partial charge in [-0.2, -0.15) is 5.10 Å². The van der Waals surface area contributed by atoms with E-state index < -0.39 is 0 Å². The van der Waals surface area contributed by atoms with Crippen LogP contribution in [0.3, 0.4) is 0 Å². The highest BCUT2D eigenvalue weighted by molar-refractivity contribution is 5.39. The highest BCUT2D eigenvalue weighted by Crippen LogP contribution is 2.23. The molecule has 4 nitrogen and oxygen atoms in total. The normalized spacial score (nSPS) is 19.8. The summed E-state index contributed by atoms with van der Waals surface area (Å²) in [5.74, 6) is 1.66. The summed E-state index contributed by atoms with van der Waals surface area (Å²) in [7, 11) is 0. The Morgan fingerprint density at radius 1 is 1.44 bits per heavy atom. The fraction of sp³-hybridized carbons (Fsp3) is 0.667. The Morgan fingerprint density at radius 3 is 2.69 bits per heavy atom. The Balaban J connectivity index is 1.99. The zero-order valence-electron chi connectivity index (χ0n) is 10.1. The van der Waals surface area contributed by atoms with Crippen molar-refractivity contribution >= 4 is 5.82 Å². The fourth-order valence-corrected chi connectivity index (χ4v) is 2.26. The van der Waals surface area contributed by atoms with Crippen LogP contribution in [-0.2, 0) is 0 Å². The van der Waals surface area contributed by atoms with E-state index in [1.54, 1.807) is 6.20 Å². The zero-order chi connectivity index (χ0) is 11.5. The van der Waals surface area contributed by atoms with Gasteiger partial charge in [0, 0.05) is 19.1 Å². The van der Waals surface area contributed by atoms with Crippen LogP contribution >= 0.6 is 0 Å². The van der Waals surface area contributed by atoms with Crippen LogP contribution < -0.4 is 10.6 Å². The van der Waals surface area contributed by atoms with Gasteiger partial charge in [0.2, 0.25) is 0 Å². The molecule has 1 aromatic heterocycles. The molecule has 0 bridgehead atoms. The molecule has 88 valence electrons. The van der Waals surface area contributed by atoms with Gasteiger partial charge in [-0.05, 0) is 44.2 Å². The van der Waals surface area contributed by atoms with Crippen molar-refractivity contribution in [2.45, 2.75) is 32.7 Å². The van der Waals surface area contributed by atoms with E-state index in [1.165, 1.54) is 5.56 Å². The SMILES string of the molecule is Cc1cnnc(N2CCC(C(C)N)CC2)c1. The molecule has 0 aromatic carbocycles. The monoisotopic (exact) mass is 220 g/mol. The third-order valence-corrected chi connectivity index (χ3v) is 3.39. The minimum Gasteiger partial charge on any atom is -0.355 e. The van der Waals surface area contributed by atoms with Gasteiger partial charge in [0.1, 0.15) is 0 Å². The zero-order valence-corrected chi connectivity index (χ0v) is 10.1. The molecule has 0 spiro atoms. The quantitative estimate of drug-likeness (QED) is 0.817. The van der Waals surface area contributed by atoms with Crippen LogP contribution in [0.2, 0.25) is 0 Å². The van der Waals surface area contributed by atoms with Gasteiger partial charge in [-0.25, -0.2) is 0 Å². The van der Waals surface area contributed by atoms with Gasteiger partial charge in [0.15, 0.2) is 5.82 Å². The van der Waals surface area contributed by atoms with E-state index in [0.29, 0.717) is 12.0 Å². The summed E-state index contributed by atoms with van der Waals surface area (Å²) in [4.78, 5) is 2.30. The first kappa shape index (κ1) is 11.3. The summed E-state index contributed by atoms with van der Waals surface area (Å²) in [6.45, 7) is 6.24. The molecule has 1 saturated heterocycles. The molecule has 0 saturated carbocycles. The van der Waals surface area contributed by atoms with E-state index in [0.717, 1.165) is 31.7 Å². The Hall–Kier alpha value is -1.16. The van der Waals surface area contributed by atoms with Crippen LogP contribution in [0.15, 0.2) is 12.3 Å². The van der Waals surface area contributed by atoms with Crippen LogP contribution in [0.5, 0.6) is 0 Å². The largest absolute Gasteiger partial charge is 0.355 e. The van der Waals surface area contributed by atoms with Crippen molar-refractivity contribution in [3.8, 4) is 0 Å². The predicted octanol–water partition coefficient (Wildman–Crippen LogP) is 1.35. The maximum absolute atomic E-state index is 5.93. The molecule has 16 heavy (non-hydrogen) atoms. The molecule has 2 N–H and O–H groups in total. The first-order chi connectivity index (χ1) is 7.66. The second-order valence-electron chi connectivity index (χ2n) is 4.77. The van der Waals surface area contributed by atoms with Crippen LogP contribution in [0.25, 0.3) is 0 Å². The summed E-state index contributed by atoms with van der Waals surface area (Å²) in [6, 6.07) is 2.41. The first-order valence-corrected chi connectivity index (χ1v) is 5.96. The van der Waals surface area contributed by atoms with Crippen molar-refractivity contribution in [3.63, 3.8) is 0 Å². The van der Waals surface area contributed by atoms with Crippen molar-refractivity contribution in [2.75, 3.05) is 18.0 Å². The number of hydrogen-bond donors (Lipinski definition) is 1. The van der Waals surface area contributed by atoms with E-state index in [2.05, 4.69) is 28.1 Å². The van der Waals surface area contributed by atoms with Crippen LogP contribution in [0.1, 0.15) is 25.3 Å². The van der Waals surface area contributed by atoms with Gasteiger partial charge >= 0.3 is 0 Å². The third kappa shape index (κ3) is 2.50. The van der Waals surface area contributed by atoms with Crippen molar-refractivity contribution in [1.82, 2.24) is 10.2 Å². The lowest BCUT2D eigenvalue weighted by Gasteiger charge is -2.34. The summed E-state index contributed by atoms with van der Waals surface area (Å²) < 4.78 is 0. The van der Waals surface area contributed by atoms with E-state index >= 15 is 0 Å². The first-order valence-electron chi connectivity index (χ1n) is 5.96.